The van der Waals surface area contributed by atoms with Gasteiger partial charge in [-0.1, -0.05) is 0 Å². The number of carbonyl (C=O) groups is 1. The summed E-state index contributed by atoms with van der Waals surface area (Å²) in [5.41, 5.74) is 4.90. The van der Waals surface area contributed by atoms with E-state index in [0.29, 0.717) is 11.4 Å². The maximum atomic E-state index is 13.9. The molecular weight excluding hydrogens is 278 g/mol. The Morgan fingerprint density at radius 2 is 1.76 bits per heavy atom. The van der Waals surface area contributed by atoms with Gasteiger partial charge in [0.25, 0.3) is 5.91 Å². The highest BCUT2D eigenvalue weighted by Crippen LogP contribution is 2.24. The van der Waals surface area contributed by atoms with Gasteiger partial charge in [0, 0.05) is 12.7 Å². The lowest BCUT2D eigenvalue weighted by molar-refractivity contribution is 0.0985. The summed E-state index contributed by atoms with van der Waals surface area (Å²) in [5, 5.41) is 0. The quantitative estimate of drug-likeness (QED) is 0.885. The average Bonchev–Trinajstić information content (AvgIpc) is 2.50. The summed E-state index contributed by atoms with van der Waals surface area (Å²) in [6, 6.07) is 8.55. The topological polar surface area (TPSA) is 55.6 Å². The number of nitrogens with two attached hydrogens (primary N) is 1. The molecule has 0 bridgehead atoms. The van der Waals surface area contributed by atoms with Crippen LogP contribution in [-0.2, 0) is 0 Å². The summed E-state index contributed by atoms with van der Waals surface area (Å²) in [5.74, 6) is -2.21. The van der Waals surface area contributed by atoms with Crippen LogP contribution in [0.5, 0.6) is 5.75 Å². The Morgan fingerprint density at radius 3 is 2.33 bits per heavy atom. The molecule has 0 aliphatic rings. The molecule has 21 heavy (non-hydrogen) atoms. The molecule has 0 saturated heterocycles. The Labute approximate surface area is 120 Å². The van der Waals surface area contributed by atoms with Gasteiger partial charge in [0.15, 0.2) is 5.82 Å². The first-order valence-corrected chi connectivity index (χ1v) is 6.11. The van der Waals surface area contributed by atoms with Gasteiger partial charge < -0.3 is 15.4 Å². The fourth-order valence-electron chi connectivity index (χ4n) is 1.86. The zero-order valence-electron chi connectivity index (χ0n) is 11.6. The van der Waals surface area contributed by atoms with Gasteiger partial charge in [-0.05, 0) is 36.4 Å². The SMILES string of the molecule is COc1ccc(N(C)C(=O)c2c(F)ccc(N)c2F)cc1. The van der Waals surface area contributed by atoms with Gasteiger partial charge >= 0.3 is 0 Å². The second kappa shape index (κ2) is 5.78. The van der Waals surface area contributed by atoms with Crippen molar-refractivity contribution in [1.29, 1.82) is 0 Å². The van der Waals surface area contributed by atoms with Crippen molar-refractivity contribution in [1.82, 2.24) is 0 Å². The maximum absolute atomic E-state index is 13.9. The summed E-state index contributed by atoms with van der Waals surface area (Å²) in [4.78, 5) is 13.4. The number of benzene rings is 2. The predicted molar refractivity (Wildman–Crippen MR) is 76.5 cm³/mol. The number of rotatable bonds is 3. The molecule has 0 unspecified atom stereocenters. The van der Waals surface area contributed by atoms with E-state index in [-0.39, 0.29) is 5.69 Å². The highest BCUT2D eigenvalue weighted by Gasteiger charge is 2.23. The summed E-state index contributed by atoms with van der Waals surface area (Å²) in [6.45, 7) is 0. The third kappa shape index (κ3) is 2.79. The Morgan fingerprint density at radius 1 is 1.14 bits per heavy atom. The van der Waals surface area contributed by atoms with Crippen LogP contribution in [0.15, 0.2) is 36.4 Å². The van der Waals surface area contributed by atoms with Crippen LogP contribution in [0, 0.1) is 11.6 Å². The number of hydrogen-bond donors (Lipinski definition) is 1. The highest BCUT2D eigenvalue weighted by atomic mass is 19.1. The minimum Gasteiger partial charge on any atom is -0.497 e. The van der Waals surface area contributed by atoms with Crippen molar-refractivity contribution >= 4 is 17.3 Å². The van der Waals surface area contributed by atoms with Crippen LogP contribution < -0.4 is 15.4 Å². The molecule has 0 fully saturated rings. The Balaban J connectivity index is 2.37. The Bertz CT molecular complexity index is 672. The lowest BCUT2D eigenvalue weighted by Gasteiger charge is -2.18. The number of methoxy groups -OCH3 is 1. The predicted octanol–water partition coefficient (Wildman–Crippen LogP) is 2.83. The van der Waals surface area contributed by atoms with Gasteiger partial charge in [-0.2, -0.15) is 0 Å². The number of anilines is 2. The maximum Gasteiger partial charge on any atom is 0.264 e. The van der Waals surface area contributed by atoms with Crippen LogP contribution in [0.3, 0.4) is 0 Å². The van der Waals surface area contributed by atoms with E-state index in [1.165, 1.54) is 14.2 Å². The number of nitrogens with zero attached hydrogens (tertiary/aromatic N) is 1. The van der Waals surface area contributed by atoms with Crippen molar-refractivity contribution < 1.29 is 18.3 Å². The Kier molecular flexibility index (Phi) is 4.07. The van der Waals surface area contributed by atoms with Gasteiger partial charge in [-0.25, -0.2) is 8.78 Å². The van der Waals surface area contributed by atoms with Crippen LogP contribution in [-0.4, -0.2) is 20.1 Å². The van der Waals surface area contributed by atoms with Gasteiger partial charge in [0.2, 0.25) is 0 Å². The monoisotopic (exact) mass is 292 g/mol. The lowest BCUT2D eigenvalue weighted by atomic mass is 10.1. The van der Waals surface area contributed by atoms with E-state index < -0.39 is 23.1 Å². The van der Waals surface area contributed by atoms with E-state index in [2.05, 4.69) is 0 Å². The molecule has 0 aliphatic heterocycles. The zero-order chi connectivity index (χ0) is 15.6. The number of halogens is 2. The van der Waals surface area contributed by atoms with Crippen LogP contribution in [0.2, 0.25) is 0 Å². The lowest BCUT2D eigenvalue weighted by Crippen LogP contribution is -2.28. The summed E-state index contributed by atoms with van der Waals surface area (Å²) >= 11 is 0. The van der Waals surface area contributed by atoms with Gasteiger partial charge in [0.05, 0.1) is 12.8 Å². The number of hydrogen-bond acceptors (Lipinski definition) is 3. The molecule has 2 rings (SSSR count). The molecule has 0 aromatic heterocycles. The molecule has 110 valence electrons. The van der Waals surface area contributed by atoms with Crippen molar-refractivity contribution in [2.45, 2.75) is 0 Å². The molecule has 1 amide bonds. The zero-order valence-corrected chi connectivity index (χ0v) is 11.6. The summed E-state index contributed by atoms with van der Waals surface area (Å²) in [6.07, 6.45) is 0. The van der Waals surface area contributed by atoms with Gasteiger partial charge in [-0.3, -0.25) is 4.79 Å². The Hall–Kier alpha value is -2.63. The van der Waals surface area contributed by atoms with E-state index in [4.69, 9.17) is 10.5 Å². The molecule has 0 radical (unpaired) electrons. The first-order chi connectivity index (χ1) is 9.95. The third-order valence-corrected chi connectivity index (χ3v) is 3.10. The smallest absolute Gasteiger partial charge is 0.264 e. The van der Waals surface area contributed by atoms with E-state index in [1.54, 1.807) is 24.3 Å². The fourth-order valence-corrected chi connectivity index (χ4v) is 1.86. The van der Waals surface area contributed by atoms with Crippen molar-refractivity contribution in [3.05, 3.63) is 53.6 Å². The van der Waals surface area contributed by atoms with E-state index in [0.717, 1.165) is 17.0 Å². The van der Waals surface area contributed by atoms with Crippen LogP contribution in [0.4, 0.5) is 20.2 Å². The second-order valence-electron chi connectivity index (χ2n) is 4.39. The van der Waals surface area contributed by atoms with Crippen molar-refractivity contribution in [2.24, 2.45) is 0 Å². The first kappa shape index (κ1) is 14.8. The van der Waals surface area contributed by atoms with Crippen LogP contribution in [0.1, 0.15) is 10.4 Å². The number of ether oxygens (including phenoxy) is 1. The number of nitrogen functional groups attached to an aromatic ring is 1. The summed E-state index contributed by atoms with van der Waals surface area (Å²) < 4.78 is 32.6. The van der Waals surface area contributed by atoms with Crippen LogP contribution in [0.25, 0.3) is 0 Å². The molecule has 2 aromatic rings. The average molecular weight is 292 g/mol. The van der Waals surface area contributed by atoms with E-state index in [1.807, 2.05) is 0 Å². The normalized spacial score (nSPS) is 10.3. The fraction of sp³-hybridized carbons (Fsp3) is 0.133. The molecule has 0 atom stereocenters. The molecule has 0 aliphatic carbocycles. The molecule has 0 heterocycles. The molecule has 0 saturated carbocycles. The molecule has 6 heteroatoms. The second-order valence-corrected chi connectivity index (χ2v) is 4.39. The number of carbonyl (C=O) groups excluding carboxylic acids is 1. The van der Waals surface area contributed by atoms with Gasteiger partial charge in [-0.15, -0.1) is 0 Å². The third-order valence-electron chi connectivity index (χ3n) is 3.10. The van der Waals surface area contributed by atoms with Gasteiger partial charge in [0.1, 0.15) is 17.1 Å². The molecular formula is C15H14F2N2O2. The molecule has 2 N–H and O–H groups in total. The standard InChI is InChI=1S/C15H14F2N2O2/c1-19(9-3-5-10(21-2)6-4-9)15(20)13-11(16)7-8-12(18)14(13)17/h3-8H,18H2,1-2H3. The number of amides is 1. The molecule has 0 spiro atoms. The van der Waals surface area contributed by atoms with Crippen molar-refractivity contribution in [3.8, 4) is 5.75 Å². The van der Waals surface area contributed by atoms with Crippen LogP contribution >= 0.6 is 0 Å². The first-order valence-electron chi connectivity index (χ1n) is 6.11. The molecule has 4 nitrogen and oxygen atoms in total. The molecule has 2 aromatic carbocycles. The van der Waals surface area contributed by atoms with Crippen molar-refractivity contribution in [3.63, 3.8) is 0 Å². The largest absolute Gasteiger partial charge is 0.497 e. The van der Waals surface area contributed by atoms with E-state index >= 15 is 0 Å². The minimum atomic E-state index is -1.06. The van der Waals surface area contributed by atoms with Crippen molar-refractivity contribution in [2.75, 3.05) is 24.8 Å². The minimum absolute atomic E-state index is 0.275. The summed E-state index contributed by atoms with van der Waals surface area (Å²) in [7, 11) is 2.94. The van der Waals surface area contributed by atoms with E-state index in [9.17, 15) is 13.6 Å². The highest BCUT2D eigenvalue weighted by molar-refractivity contribution is 6.06.